The molecule has 148 valence electrons. The van der Waals surface area contributed by atoms with Crippen LogP contribution in [-0.2, 0) is 0 Å². The van der Waals surface area contributed by atoms with Gasteiger partial charge in [-0.05, 0) is 73.5 Å². The number of likely N-dealkylation sites (tertiary alicyclic amines) is 1. The van der Waals surface area contributed by atoms with E-state index in [1.807, 2.05) is 16.9 Å². The number of nitrogens with zero attached hydrogens (tertiary/aromatic N) is 3. The van der Waals surface area contributed by atoms with Gasteiger partial charge in [0, 0.05) is 11.9 Å². The Morgan fingerprint density at radius 1 is 0.828 bits per heavy atom. The van der Waals surface area contributed by atoms with Gasteiger partial charge in [0.15, 0.2) is 0 Å². The van der Waals surface area contributed by atoms with E-state index in [-0.39, 0.29) is 0 Å². The number of hydrogen-bond donors (Lipinski definition) is 0. The molecule has 1 aliphatic heterocycles. The zero-order valence-corrected chi connectivity index (χ0v) is 16.8. The van der Waals surface area contributed by atoms with Crippen molar-refractivity contribution in [3.05, 3.63) is 66.9 Å². The SMILES string of the molecule is c1ccc2c(c1)cnn2-c1ccc2cc(OCCCN3CCCCC3)ccc2c1. The average molecular weight is 386 g/mol. The molecule has 0 aliphatic carbocycles. The number of benzene rings is 3. The minimum Gasteiger partial charge on any atom is -0.494 e. The molecular formula is C25H27N3O. The predicted octanol–water partition coefficient (Wildman–Crippen LogP) is 5.43. The Morgan fingerprint density at radius 2 is 1.66 bits per heavy atom. The van der Waals surface area contributed by atoms with E-state index in [4.69, 9.17) is 4.74 Å². The molecule has 1 aromatic heterocycles. The zero-order valence-electron chi connectivity index (χ0n) is 16.8. The highest BCUT2D eigenvalue weighted by atomic mass is 16.5. The van der Waals surface area contributed by atoms with Crippen molar-refractivity contribution in [3.8, 4) is 11.4 Å². The molecule has 1 saturated heterocycles. The van der Waals surface area contributed by atoms with Gasteiger partial charge >= 0.3 is 0 Å². The molecule has 29 heavy (non-hydrogen) atoms. The first-order valence-corrected chi connectivity index (χ1v) is 10.7. The second-order valence-electron chi connectivity index (χ2n) is 7.91. The quantitative estimate of drug-likeness (QED) is 0.414. The van der Waals surface area contributed by atoms with Crippen LogP contribution in [0.5, 0.6) is 5.75 Å². The summed E-state index contributed by atoms with van der Waals surface area (Å²) in [5.41, 5.74) is 2.20. The van der Waals surface area contributed by atoms with Gasteiger partial charge in [-0.1, -0.05) is 36.8 Å². The van der Waals surface area contributed by atoms with Crippen molar-refractivity contribution in [2.75, 3.05) is 26.2 Å². The van der Waals surface area contributed by atoms with E-state index >= 15 is 0 Å². The van der Waals surface area contributed by atoms with E-state index in [0.717, 1.165) is 41.9 Å². The Kier molecular flexibility index (Phi) is 5.18. The standard InChI is InChI=1S/C25H27N3O/c1-4-13-27(14-5-1)15-6-16-29-24-12-10-20-17-23(11-9-21(20)18-24)28-25-8-3-2-7-22(25)19-26-28/h2-3,7-12,17-19H,1,4-6,13-16H2. The number of fused-ring (bicyclic) bond motifs is 2. The molecule has 4 nitrogen and oxygen atoms in total. The fraction of sp³-hybridized carbons (Fsp3) is 0.320. The zero-order chi connectivity index (χ0) is 19.5. The Hall–Kier alpha value is -2.85. The smallest absolute Gasteiger partial charge is 0.119 e. The average Bonchev–Trinajstić information content (AvgIpc) is 3.21. The van der Waals surface area contributed by atoms with Crippen molar-refractivity contribution >= 4 is 21.7 Å². The van der Waals surface area contributed by atoms with Crippen molar-refractivity contribution in [3.63, 3.8) is 0 Å². The van der Waals surface area contributed by atoms with Gasteiger partial charge in [-0.3, -0.25) is 0 Å². The molecule has 1 fully saturated rings. The topological polar surface area (TPSA) is 30.3 Å². The second-order valence-corrected chi connectivity index (χ2v) is 7.91. The summed E-state index contributed by atoms with van der Waals surface area (Å²) in [5, 5.41) is 8.11. The molecule has 3 aromatic carbocycles. The second kappa shape index (κ2) is 8.26. The molecule has 0 spiro atoms. The number of hydrogen-bond acceptors (Lipinski definition) is 3. The minimum atomic E-state index is 0.777. The number of para-hydroxylation sites is 1. The molecule has 0 bridgehead atoms. The third-order valence-electron chi connectivity index (χ3n) is 5.85. The molecule has 0 unspecified atom stereocenters. The summed E-state index contributed by atoms with van der Waals surface area (Å²) in [7, 11) is 0. The van der Waals surface area contributed by atoms with Crippen LogP contribution in [0.3, 0.4) is 0 Å². The number of rotatable bonds is 6. The van der Waals surface area contributed by atoms with E-state index in [9.17, 15) is 0 Å². The molecule has 0 amide bonds. The molecular weight excluding hydrogens is 358 g/mol. The Morgan fingerprint density at radius 3 is 2.59 bits per heavy atom. The first-order chi connectivity index (χ1) is 14.4. The van der Waals surface area contributed by atoms with Crippen LogP contribution in [0.4, 0.5) is 0 Å². The van der Waals surface area contributed by atoms with Gasteiger partial charge in [0.1, 0.15) is 5.75 Å². The summed E-state index contributed by atoms with van der Waals surface area (Å²) < 4.78 is 8.02. The van der Waals surface area contributed by atoms with Crippen LogP contribution < -0.4 is 4.74 Å². The van der Waals surface area contributed by atoms with Crippen molar-refractivity contribution < 1.29 is 4.74 Å². The van der Waals surface area contributed by atoms with Gasteiger partial charge in [0.2, 0.25) is 0 Å². The van der Waals surface area contributed by atoms with Crippen LogP contribution in [-0.4, -0.2) is 40.9 Å². The third-order valence-corrected chi connectivity index (χ3v) is 5.85. The van der Waals surface area contributed by atoms with Crippen molar-refractivity contribution in [2.45, 2.75) is 25.7 Å². The van der Waals surface area contributed by atoms with E-state index < -0.39 is 0 Å². The van der Waals surface area contributed by atoms with Crippen LogP contribution >= 0.6 is 0 Å². The highest BCUT2D eigenvalue weighted by Crippen LogP contribution is 2.25. The summed E-state index contributed by atoms with van der Waals surface area (Å²) >= 11 is 0. The van der Waals surface area contributed by atoms with Crippen molar-refractivity contribution in [1.82, 2.24) is 14.7 Å². The van der Waals surface area contributed by atoms with Gasteiger partial charge in [-0.15, -0.1) is 0 Å². The lowest BCUT2D eigenvalue weighted by atomic mass is 10.1. The molecule has 0 saturated carbocycles. The number of aromatic nitrogens is 2. The van der Waals surface area contributed by atoms with Gasteiger partial charge < -0.3 is 9.64 Å². The largest absolute Gasteiger partial charge is 0.494 e. The highest BCUT2D eigenvalue weighted by Gasteiger charge is 2.09. The van der Waals surface area contributed by atoms with Crippen LogP contribution in [0, 0.1) is 0 Å². The summed E-state index contributed by atoms with van der Waals surface area (Å²) in [5.74, 6) is 0.952. The Balaban J connectivity index is 1.27. The number of ether oxygens (including phenoxy) is 1. The van der Waals surface area contributed by atoms with Crippen LogP contribution in [0.1, 0.15) is 25.7 Å². The van der Waals surface area contributed by atoms with E-state index in [0.29, 0.717) is 0 Å². The van der Waals surface area contributed by atoms with Gasteiger partial charge in [0.05, 0.1) is 24.0 Å². The summed E-state index contributed by atoms with van der Waals surface area (Å²) in [6.07, 6.45) is 7.09. The van der Waals surface area contributed by atoms with Gasteiger partial charge in [0.25, 0.3) is 0 Å². The van der Waals surface area contributed by atoms with Crippen LogP contribution in [0.25, 0.3) is 27.4 Å². The third kappa shape index (κ3) is 3.99. The summed E-state index contributed by atoms with van der Waals surface area (Å²) in [6, 6.07) is 21.1. The molecule has 0 atom stereocenters. The predicted molar refractivity (Wildman–Crippen MR) is 119 cm³/mol. The first-order valence-electron chi connectivity index (χ1n) is 10.7. The summed E-state index contributed by atoms with van der Waals surface area (Å²) in [6.45, 7) is 4.43. The Bertz CT molecular complexity index is 1110. The van der Waals surface area contributed by atoms with Crippen molar-refractivity contribution in [2.24, 2.45) is 0 Å². The lowest BCUT2D eigenvalue weighted by Crippen LogP contribution is -2.31. The molecule has 0 N–H and O–H groups in total. The molecule has 4 heteroatoms. The molecule has 1 aliphatic rings. The maximum Gasteiger partial charge on any atom is 0.119 e. The van der Waals surface area contributed by atoms with E-state index in [1.54, 1.807) is 0 Å². The molecule has 2 heterocycles. The maximum absolute atomic E-state index is 6.02. The van der Waals surface area contributed by atoms with E-state index in [1.165, 1.54) is 43.1 Å². The lowest BCUT2D eigenvalue weighted by molar-refractivity contribution is 0.205. The van der Waals surface area contributed by atoms with E-state index in [2.05, 4.69) is 64.6 Å². The van der Waals surface area contributed by atoms with Crippen molar-refractivity contribution in [1.29, 1.82) is 0 Å². The highest BCUT2D eigenvalue weighted by molar-refractivity contribution is 5.87. The molecule has 0 radical (unpaired) electrons. The monoisotopic (exact) mass is 385 g/mol. The fourth-order valence-electron chi connectivity index (χ4n) is 4.27. The first kappa shape index (κ1) is 18.2. The lowest BCUT2D eigenvalue weighted by Gasteiger charge is -2.26. The Labute approximate surface area is 171 Å². The van der Waals surface area contributed by atoms with Crippen LogP contribution in [0.15, 0.2) is 66.9 Å². The maximum atomic E-state index is 6.02. The molecule has 4 aromatic rings. The summed E-state index contributed by atoms with van der Waals surface area (Å²) in [4.78, 5) is 2.56. The normalized spacial score (nSPS) is 15.2. The fourth-order valence-corrected chi connectivity index (χ4v) is 4.27. The minimum absolute atomic E-state index is 0.777. The van der Waals surface area contributed by atoms with Crippen LogP contribution in [0.2, 0.25) is 0 Å². The number of piperidine rings is 1. The van der Waals surface area contributed by atoms with Gasteiger partial charge in [-0.2, -0.15) is 5.10 Å². The van der Waals surface area contributed by atoms with Gasteiger partial charge in [-0.25, -0.2) is 4.68 Å². The molecule has 5 rings (SSSR count).